The van der Waals surface area contributed by atoms with Crippen LogP contribution in [0.1, 0.15) is 11.3 Å². The standard InChI is InChI=1S/C15H20N2O2/c18-14-5-3-13(4-6-14)7-8-16-9-10-17-12-15-2-1-11-19-15/h1-6,11,16-18H,7-10,12H2. The number of benzene rings is 1. The van der Waals surface area contributed by atoms with Crippen molar-refractivity contribution in [2.45, 2.75) is 13.0 Å². The van der Waals surface area contributed by atoms with Crippen LogP contribution in [0, 0.1) is 0 Å². The monoisotopic (exact) mass is 260 g/mol. The Labute approximate surface area is 113 Å². The fourth-order valence-corrected chi connectivity index (χ4v) is 1.82. The second-order valence-electron chi connectivity index (χ2n) is 4.42. The number of hydrogen-bond acceptors (Lipinski definition) is 4. The Balaban J connectivity index is 1.49. The summed E-state index contributed by atoms with van der Waals surface area (Å²) in [6.45, 7) is 3.55. The molecule has 2 rings (SSSR count). The minimum absolute atomic E-state index is 0.318. The molecule has 3 N–H and O–H groups in total. The van der Waals surface area contributed by atoms with Gasteiger partial charge in [0.1, 0.15) is 11.5 Å². The number of rotatable bonds is 8. The van der Waals surface area contributed by atoms with Gasteiger partial charge in [0.25, 0.3) is 0 Å². The molecule has 1 heterocycles. The Kier molecular flexibility index (Phi) is 5.47. The van der Waals surface area contributed by atoms with Gasteiger partial charge in [-0.25, -0.2) is 0 Å². The van der Waals surface area contributed by atoms with Crippen LogP contribution < -0.4 is 10.6 Å². The van der Waals surface area contributed by atoms with Gasteiger partial charge in [0.2, 0.25) is 0 Å². The predicted molar refractivity (Wildman–Crippen MR) is 75.1 cm³/mol. The molecule has 0 unspecified atom stereocenters. The van der Waals surface area contributed by atoms with Crippen molar-refractivity contribution in [1.82, 2.24) is 10.6 Å². The highest BCUT2D eigenvalue weighted by Crippen LogP contribution is 2.09. The fraction of sp³-hybridized carbons (Fsp3) is 0.333. The van der Waals surface area contributed by atoms with E-state index in [9.17, 15) is 5.11 Å². The lowest BCUT2D eigenvalue weighted by Gasteiger charge is -2.06. The Morgan fingerprint density at radius 2 is 1.74 bits per heavy atom. The zero-order chi connectivity index (χ0) is 13.3. The predicted octanol–water partition coefficient (Wildman–Crippen LogP) is 1.91. The van der Waals surface area contributed by atoms with Crippen LogP contribution >= 0.6 is 0 Å². The molecule has 0 aliphatic heterocycles. The molecule has 4 nitrogen and oxygen atoms in total. The molecule has 2 aromatic rings. The summed E-state index contributed by atoms with van der Waals surface area (Å²) in [5.74, 6) is 1.28. The van der Waals surface area contributed by atoms with Crippen molar-refractivity contribution < 1.29 is 9.52 Å². The van der Waals surface area contributed by atoms with Gasteiger partial charge >= 0.3 is 0 Å². The van der Waals surface area contributed by atoms with E-state index in [0.717, 1.165) is 38.4 Å². The zero-order valence-electron chi connectivity index (χ0n) is 10.9. The Bertz CT molecular complexity index is 452. The largest absolute Gasteiger partial charge is 0.508 e. The molecule has 1 aromatic carbocycles. The molecule has 1 aromatic heterocycles. The molecule has 19 heavy (non-hydrogen) atoms. The van der Waals surface area contributed by atoms with E-state index in [0.29, 0.717) is 5.75 Å². The second-order valence-corrected chi connectivity index (χ2v) is 4.42. The van der Waals surface area contributed by atoms with Crippen LogP contribution in [-0.2, 0) is 13.0 Å². The molecule has 0 saturated heterocycles. The lowest BCUT2D eigenvalue weighted by molar-refractivity contribution is 0.475. The lowest BCUT2D eigenvalue weighted by Crippen LogP contribution is -2.28. The molecule has 0 spiro atoms. The minimum Gasteiger partial charge on any atom is -0.508 e. The highest BCUT2D eigenvalue weighted by atomic mass is 16.3. The van der Waals surface area contributed by atoms with E-state index in [1.54, 1.807) is 18.4 Å². The van der Waals surface area contributed by atoms with Crippen molar-refractivity contribution in [1.29, 1.82) is 0 Å². The first-order valence-electron chi connectivity index (χ1n) is 6.56. The number of aromatic hydroxyl groups is 1. The topological polar surface area (TPSA) is 57.4 Å². The molecular weight excluding hydrogens is 240 g/mol. The summed E-state index contributed by atoms with van der Waals surface area (Å²) in [5.41, 5.74) is 1.23. The summed E-state index contributed by atoms with van der Waals surface area (Å²) in [7, 11) is 0. The molecule has 0 saturated carbocycles. The van der Waals surface area contributed by atoms with Gasteiger partial charge in [-0.15, -0.1) is 0 Å². The first-order valence-corrected chi connectivity index (χ1v) is 6.56. The Morgan fingerprint density at radius 3 is 2.47 bits per heavy atom. The molecule has 0 aliphatic rings. The van der Waals surface area contributed by atoms with Crippen LogP contribution in [-0.4, -0.2) is 24.7 Å². The lowest BCUT2D eigenvalue weighted by atomic mass is 10.1. The Morgan fingerprint density at radius 1 is 0.947 bits per heavy atom. The average Bonchev–Trinajstić information content (AvgIpc) is 2.93. The average molecular weight is 260 g/mol. The van der Waals surface area contributed by atoms with E-state index < -0.39 is 0 Å². The third-order valence-corrected chi connectivity index (χ3v) is 2.88. The smallest absolute Gasteiger partial charge is 0.117 e. The van der Waals surface area contributed by atoms with E-state index >= 15 is 0 Å². The van der Waals surface area contributed by atoms with E-state index in [1.165, 1.54) is 5.56 Å². The quantitative estimate of drug-likeness (QED) is 0.635. The molecule has 0 aliphatic carbocycles. The third-order valence-electron chi connectivity index (χ3n) is 2.88. The Hall–Kier alpha value is -1.78. The number of nitrogens with one attached hydrogen (secondary N) is 2. The molecule has 0 amide bonds. The van der Waals surface area contributed by atoms with E-state index in [1.807, 2.05) is 24.3 Å². The maximum Gasteiger partial charge on any atom is 0.117 e. The van der Waals surface area contributed by atoms with Gasteiger partial charge in [-0.3, -0.25) is 0 Å². The van der Waals surface area contributed by atoms with Crippen LogP contribution in [0.4, 0.5) is 0 Å². The zero-order valence-corrected chi connectivity index (χ0v) is 10.9. The number of hydrogen-bond donors (Lipinski definition) is 3. The normalized spacial score (nSPS) is 10.7. The van der Waals surface area contributed by atoms with E-state index in [4.69, 9.17) is 4.42 Å². The van der Waals surface area contributed by atoms with E-state index in [2.05, 4.69) is 10.6 Å². The van der Waals surface area contributed by atoms with Gasteiger partial charge in [0.05, 0.1) is 12.8 Å². The number of phenols is 1. The van der Waals surface area contributed by atoms with Crippen molar-refractivity contribution in [2.75, 3.05) is 19.6 Å². The van der Waals surface area contributed by atoms with Crippen LogP contribution in [0.15, 0.2) is 47.1 Å². The summed E-state index contributed by atoms with van der Waals surface area (Å²) in [6.07, 6.45) is 2.66. The summed E-state index contributed by atoms with van der Waals surface area (Å²) in [4.78, 5) is 0. The number of phenolic OH excluding ortho intramolecular Hbond substituents is 1. The minimum atomic E-state index is 0.318. The molecular formula is C15H20N2O2. The van der Waals surface area contributed by atoms with Crippen molar-refractivity contribution in [3.05, 3.63) is 54.0 Å². The molecule has 0 atom stereocenters. The second kappa shape index (κ2) is 7.61. The van der Waals surface area contributed by atoms with Gasteiger partial charge in [-0.1, -0.05) is 12.1 Å². The van der Waals surface area contributed by atoms with Crippen LogP contribution in [0.25, 0.3) is 0 Å². The summed E-state index contributed by atoms with van der Waals surface area (Å²) in [5, 5.41) is 15.8. The van der Waals surface area contributed by atoms with Gasteiger partial charge in [-0.2, -0.15) is 0 Å². The van der Waals surface area contributed by atoms with Crippen molar-refractivity contribution >= 4 is 0 Å². The SMILES string of the molecule is Oc1ccc(CCNCCNCc2ccco2)cc1. The van der Waals surface area contributed by atoms with Gasteiger partial charge in [0, 0.05) is 13.1 Å². The number of furan rings is 1. The van der Waals surface area contributed by atoms with Crippen LogP contribution in [0.3, 0.4) is 0 Å². The van der Waals surface area contributed by atoms with Gasteiger partial charge in [-0.05, 0) is 42.8 Å². The maximum absolute atomic E-state index is 9.17. The molecule has 0 bridgehead atoms. The van der Waals surface area contributed by atoms with Crippen LogP contribution in [0.2, 0.25) is 0 Å². The van der Waals surface area contributed by atoms with Gasteiger partial charge < -0.3 is 20.2 Å². The summed E-state index contributed by atoms with van der Waals surface area (Å²) in [6, 6.07) is 11.2. The molecule has 0 radical (unpaired) electrons. The molecule has 4 heteroatoms. The highest BCUT2D eigenvalue weighted by Gasteiger charge is 1.95. The van der Waals surface area contributed by atoms with Crippen LogP contribution in [0.5, 0.6) is 5.75 Å². The first kappa shape index (κ1) is 13.6. The summed E-state index contributed by atoms with van der Waals surface area (Å²) >= 11 is 0. The first-order chi connectivity index (χ1) is 9.34. The maximum atomic E-state index is 9.17. The van der Waals surface area contributed by atoms with Crippen molar-refractivity contribution in [2.24, 2.45) is 0 Å². The van der Waals surface area contributed by atoms with E-state index in [-0.39, 0.29) is 0 Å². The van der Waals surface area contributed by atoms with Gasteiger partial charge in [0.15, 0.2) is 0 Å². The molecule has 102 valence electrons. The fourth-order valence-electron chi connectivity index (χ4n) is 1.82. The summed E-state index contributed by atoms with van der Waals surface area (Å²) < 4.78 is 5.23. The highest BCUT2D eigenvalue weighted by molar-refractivity contribution is 5.25. The molecule has 0 fully saturated rings. The van der Waals surface area contributed by atoms with Crippen molar-refractivity contribution in [3.8, 4) is 5.75 Å². The third kappa shape index (κ3) is 5.16. The van der Waals surface area contributed by atoms with Crippen molar-refractivity contribution in [3.63, 3.8) is 0 Å².